The number of benzene rings is 1. The van der Waals surface area contributed by atoms with Crippen LogP contribution in [0.15, 0.2) is 54.9 Å². The molecule has 1 heterocycles. The molecule has 4 heteroatoms. The lowest BCUT2D eigenvalue weighted by atomic mass is 10.1. The molecule has 0 saturated carbocycles. The van der Waals surface area contributed by atoms with E-state index in [9.17, 15) is 4.79 Å². The zero-order valence-corrected chi connectivity index (χ0v) is 13.0. The number of hydrogen-bond donors (Lipinski definition) is 0. The van der Waals surface area contributed by atoms with Crippen LogP contribution in [0.1, 0.15) is 31.1 Å². The first kappa shape index (κ1) is 15.6. The van der Waals surface area contributed by atoms with Crippen molar-refractivity contribution < 1.29 is 9.53 Å². The Kier molecular flexibility index (Phi) is 5.81. The second-order valence-electron chi connectivity index (χ2n) is 4.81. The molecule has 1 aromatic heterocycles. The van der Waals surface area contributed by atoms with Crippen molar-refractivity contribution in [2.45, 2.75) is 31.0 Å². The molecule has 0 spiro atoms. The highest BCUT2D eigenvalue weighted by molar-refractivity contribution is 7.99. The maximum Gasteiger partial charge on any atom is 0.303 e. The van der Waals surface area contributed by atoms with Gasteiger partial charge in [0.25, 0.3) is 0 Å². The van der Waals surface area contributed by atoms with Crippen molar-refractivity contribution in [3.05, 3.63) is 66.0 Å². The Hall–Kier alpha value is -1.81. The Labute approximate surface area is 129 Å². The zero-order valence-electron chi connectivity index (χ0n) is 12.2. The summed E-state index contributed by atoms with van der Waals surface area (Å²) >= 11 is 1.77. The van der Waals surface area contributed by atoms with E-state index in [0.717, 1.165) is 11.3 Å². The molecule has 0 amide bonds. The molecule has 2 unspecified atom stereocenters. The molecule has 3 nitrogen and oxygen atoms in total. The van der Waals surface area contributed by atoms with Crippen molar-refractivity contribution in [3.8, 4) is 0 Å². The average Bonchev–Trinajstić information content (AvgIpc) is 2.52. The molecule has 2 atom stereocenters. The summed E-state index contributed by atoms with van der Waals surface area (Å²) in [5.74, 6) is 0.620. The van der Waals surface area contributed by atoms with Crippen molar-refractivity contribution in [1.29, 1.82) is 0 Å². The van der Waals surface area contributed by atoms with E-state index in [1.54, 1.807) is 24.2 Å². The second-order valence-corrected chi connectivity index (χ2v) is 6.18. The van der Waals surface area contributed by atoms with Crippen LogP contribution in [-0.4, -0.2) is 16.2 Å². The van der Waals surface area contributed by atoms with Crippen LogP contribution in [0.4, 0.5) is 0 Å². The Morgan fingerprint density at radius 1 is 1.19 bits per heavy atom. The van der Waals surface area contributed by atoms with E-state index in [2.05, 4.69) is 11.9 Å². The monoisotopic (exact) mass is 301 g/mol. The summed E-state index contributed by atoms with van der Waals surface area (Å²) in [6, 6.07) is 13.9. The molecule has 21 heavy (non-hydrogen) atoms. The SMILES string of the molecule is CC(=O)OC(c1ccccc1)C(C)SCc1ccncc1. The summed E-state index contributed by atoms with van der Waals surface area (Å²) in [6.45, 7) is 3.54. The number of esters is 1. The highest BCUT2D eigenvalue weighted by Gasteiger charge is 2.22. The standard InChI is InChI=1S/C17H19NO2S/c1-13(21-12-15-8-10-18-11-9-15)17(20-14(2)19)16-6-4-3-5-7-16/h3-11,13,17H,12H2,1-2H3. The van der Waals surface area contributed by atoms with Gasteiger partial charge in [-0.3, -0.25) is 9.78 Å². The number of aromatic nitrogens is 1. The first-order chi connectivity index (χ1) is 10.2. The third-order valence-corrected chi connectivity index (χ3v) is 4.38. The van der Waals surface area contributed by atoms with Gasteiger partial charge >= 0.3 is 5.97 Å². The lowest BCUT2D eigenvalue weighted by molar-refractivity contribution is -0.146. The van der Waals surface area contributed by atoms with Gasteiger partial charge in [0, 0.05) is 30.3 Å². The Morgan fingerprint density at radius 2 is 1.86 bits per heavy atom. The van der Waals surface area contributed by atoms with Crippen LogP contribution in [0.25, 0.3) is 0 Å². The summed E-state index contributed by atoms with van der Waals surface area (Å²) in [5, 5.41) is 0.171. The quantitative estimate of drug-likeness (QED) is 0.756. The molecule has 0 aliphatic heterocycles. The third-order valence-electron chi connectivity index (χ3n) is 3.11. The molecule has 0 radical (unpaired) electrons. The predicted molar refractivity (Wildman–Crippen MR) is 85.9 cm³/mol. The van der Waals surface area contributed by atoms with Gasteiger partial charge in [-0.05, 0) is 30.2 Å². The van der Waals surface area contributed by atoms with Gasteiger partial charge in [-0.15, -0.1) is 11.8 Å². The number of nitrogens with zero attached hydrogens (tertiary/aromatic N) is 1. The van der Waals surface area contributed by atoms with Gasteiger partial charge in [-0.2, -0.15) is 0 Å². The fourth-order valence-corrected chi connectivity index (χ4v) is 3.09. The van der Waals surface area contributed by atoms with Crippen LogP contribution in [0.2, 0.25) is 0 Å². The van der Waals surface area contributed by atoms with Crippen molar-refractivity contribution in [1.82, 2.24) is 4.98 Å². The fourth-order valence-electron chi connectivity index (χ4n) is 2.05. The molecule has 110 valence electrons. The summed E-state index contributed by atoms with van der Waals surface area (Å²) < 4.78 is 5.51. The van der Waals surface area contributed by atoms with Crippen molar-refractivity contribution >= 4 is 17.7 Å². The molecule has 0 aliphatic rings. The van der Waals surface area contributed by atoms with Gasteiger partial charge in [-0.1, -0.05) is 30.3 Å². The highest BCUT2D eigenvalue weighted by Crippen LogP contribution is 2.31. The van der Waals surface area contributed by atoms with E-state index in [1.807, 2.05) is 42.5 Å². The van der Waals surface area contributed by atoms with E-state index in [1.165, 1.54) is 12.5 Å². The molecule has 2 rings (SSSR count). The minimum atomic E-state index is -0.250. The molecule has 0 saturated heterocycles. The molecule has 0 aliphatic carbocycles. The number of carbonyl (C=O) groups is 1. The van der Waals surface area contributed by atoms with Crippen LogP contribution in [0, 0.1) is 0 Å². The van der Waals surface area contributed by atoms with Gasteiger partial charge in [0.05, 0.1) is 0 Å². The number of rotatable bonds is 6. The van der Waals surface area contributed by atoms with E-state index < -0.39 is 0 Å². The lowest BCUT2D eigenvalue weighted by Crippen LogP contribution is -2.18. The second kappa shape index (κ2) is 7.84. The first-order valence-electron chi connectivity index (χ1n) is 6.89. The maximum atomic E-state index is 11.4. The van der Waals surface area contributed by atoms with E-state index in [-0.39, 0.29) is 17.3 Å². The summed E-state index contributed by atoms with van der Waals surface area (Å²) in [7, 11) is 0. The number of ether oxygens (including phenoxy) is 1. The van der Waals surface area contributed by atoms with Crippen molar-refractivity contribution in [2.75, 3.05) is 0 Å². The molecule has 1 aromatic carbocycles. The largest absolute Gasteiger partial charge is 0.456 e. The first-order valence-corrected chi connectivity index (χ1v) is 7.94. The Morgan fingerprint density at radius 3 is 2.48 bits per heavy atom. The minimum absolute atomic E-state index is 0.171. The van der Waals surface area contributed by atoms with Crippen molar-refractivity contribution in [3.63, 3.8) is 0 Å². The molecular weight excluding hydrogens is 282 g/mol. The van der Waals surface area contributed by atoms with Crippen LogP contribution >= 0.6 is 11.8 Å². The van der Waals surface area contributed by atoms with Crippen LogP contribution in [-0.2, 0) is 15.3 Å². The summed E-state index contributed by atoms with van der Waals surface area (Å²) in [6.07, 6.45) is 3.36. The van der Waals surface area contributed by atoms with Gasteiger partial charge < -0.3 is 4.74 Å². The van der Waals surface area contributed by atoms with Gasteiger partial charge in [0.2, 0.25) is 0 Å². The lowest BCUT2D eigenvalue weighted by Gasteiger charge is -2.23. The van der Waals surface area contributed by atoms with E-state index in [4.69, 9.17) is 4.74 Å². The number of hydrogen-bond acceptors (Lipinski definition) is 4. The van der Waals surface area contributed by atoms with Crippen LogP contribution < -0.4 is 0 Å². The summed E-state index contributed by atoms with van der Waals surface area (Å²) in [5.41, 5.74) is 2.25. The van der Waals surface area contributed by atoms with Gasteiger partial charge in [0.1, 0.15) is 6.10 Å². The normalized spacial score (nSPS) is 13.4. The Balaban J connectivity index is 2.04. The highest BCUT2D eigenvalue weighted by atomic mass is 32.2. The topological polar surface area (TPSA) is 39.2 Å². The van der Waals surface area contributed by atoms with Crippen LogP contribution in [0.5, 0.6) is 0 Å². The Bertz CT molecular complexity index is 560. The maximum absolute atomic E-state index is 11.4. The molecular formula is C17H19NO2S. The number of pyridine rings is 1. The van der Waals surface area contributed by atoms with Gasteiger partial charge in [-0.25, -0.2) is 0 Å². The molecule has 0 fully saturated rings. The fraction of sp³-hybridized carbons (Fsp3) is 0.294. The zero-order chi connectivity index (χ0) is 15.1. The van der Waals surface area contributed by atoms with E-state index in [0.29, 0.717) is 0 Å². The predicted octanol–water partition coefficient (Wildman–Crippen LogP) is 4.01. The average molecular weight is 301 g/mol. The van der Waals surface area contributed by atoms with E-state index >= 15 is 0 Å². The molecule has 2 aromatic rings. The minimum Gasteiger partial charge on any atom is -0.456 e. The summed E-state index contributed by atoms with van der Waals surface area (Å²) in [4.78, 5) is 15.4. The number of thioether (sulfide) groups is 1. The molecule has 0 N–H and O–H groups in total. The van der Waals surface area contributed by atoms with Crippen LogP contribution in [0.3, 0.4) is 0 Å². The number of carbonyl (C=O) groups excluding carboxylic acids is 1. The van der Waals surface area contributed by atoms with Crippen molar-refractivity contribution in [2.24, 2.45) is 0 Å². The van der Waals surface area contributed by atoms with Gasteiger partial charge in [0.15, 0.2) is 0 Å². The third kappa shape index (κ3) is 4.90. The smallest absolute Gasteiger partial charge is 0.303 e. The molecule has 0 bridgehead atoms.